The third-order valence-electron chi connectivity index (χ3n) is 5.71. The maximum Gasteiger partial charge on any atom is 0.320 e. The van der Waals surface area contributed by atoms with Crippen LogP contribution >= 0.6 is 0 Å². The summed E-state index contributed by atoms with van der Waals surface area (Å²) in [6.45, 7) is 27.4. The van der Waals surface area contributed by atoms with E-state index in [4.69, 9.17) is 35.5 Å². The number of nitriles is 3. The zero-order valence-electron chi connectivity index (χ0n) is 20.6. The highest BCUT2D eigenvalue weighted by Crippen LogP contribution is 2.09. The third kappa shape index (κ3) is 11.5. The minimum atomic E-state index is -0.0760. The van der Waals surface area contributed by atoms with Crippen molar-refractivity contribution in [2.24, 2.45) is 0 Å². The number of carbonyl (C=O) groups excluding carboxylic acids is 1. The van der Waals surface area contributed by atoms with Crippen LogP contribution < -0.4 is 0 Å². The number of carbonyl (C=O) groups is 1. The molecule has 190 valence electrons. The molecule has 0 saturated carbocycles. The predicted molar refractivity (Wildman–Crippen MR) is 131 cm³/mol. The van der Waals surface area contributed by atoms with Crippen molar-refractivity contribution in [1.29, 1.82) is 15.8 Å². The lowest BCUT2D eigenvalue weighted by atomic mass is 10.4. The molecule has 1 aliphatic rings. The highest BCUT2D eigenvalue weighted by Gasteiger charge is 2.29. The van der Waals surface area contributed by atoms with E-state index < -0.39 is 0 Å². The average molecular weight is 493 g/mol. The summed E-state index contributed by atoms with van der Waals surface area (Å²) in [4.78, 5) is 33.7. The second-order valence-corrected chi connectivity index (χ2v) is 8.13. The Morgan fingerprint density at radius 2 is 1.03 bits per heavy atom. The molecular weight excluding hydrogens is 460 g/mol. The monoisotopic (exact) mass is 492 g/mol. The maximum atomic E-state index is 12.9. The summed E-state index contributed by atoms with van der Waals surface area (Å²) in [6, 6.07) is 6.12. The Labute approximate surface area is 213 Å². The largest absolute Gasteiger partial charge is 0.322 e. The fraction of sp³-hybridized carbons (Fsp3) is 0.696. The lowest BCUT2D eigenvalue weighted by Gasteiger charge is -2.26. The van der Waals surface area contributed by atoms with Gasteiger partial charge in [-0.05, 0) is 0 Å². The molecule has 1 saturated heterocycles. The highest BCUT2D eigenvalue weighted by molar-refractivity contribution is 5.76. The van der Waals surface area contributed by atoms with Crippen LogP contribution in [0, 0.1) is 53.7 Å². The first-order valence-corrected chi connectivity index (χ1v) is 11.6. The molecule has 13 nitrogen and oxygen atoms in total. The fourth-order valence-electron chi connectivity index (χ4n) is 3.66. The summed E-state index contributed by atoms with van der Waals surface area (Å²) in [5, 5.41) is 26.9. The van der Waals surface area contributed by atoms with Gasteiger partial charge in [0, 0.05) is 65.4 Å². The summed E-state index contributed by atoms with van der Waals surface area (Å²) >= 11 is 0. The van der Waals surface area contributed by atoms with Gasteiger partial charge in [-0.2, -0.15) is 20.7 Å². The molecule has 1 rings (SSSR count). The van der Waals surface area contributed by atoms with Crippen molar-refractivity contribution in [3.05, 3.63) is 34.3 Å². The minimum Gasteiger partial charge on any atom is -0.322 e. The minimum absolute atomic E-state index is 0.0760. The second-order valence-electron chi connectivity index (χ2n) is 8.13. The van der Waals surface area contributed by atoms with Gasteiger partial charge < -0.3 is 9.80 Å². The Hall–Kier alpha value is -3.95. The molecule has 0 atom stereocenters. The van der Waals surface area contributed by atoms with E-state index in [0.717, 1.165) is 0 Å². The predicted octanol–water partition coefficient (Wildman–Crippen LogP) is 0.133. The third-order valence-corrected chi connectivity index (χ3v) is 5.71. The molecule has 2 amide bonds. The fourth-order valence-corrected chi connectivity index (χ4v) is 3.66. The molecular formula is C23H32N12O. The average Bonchev–Trinajstić information content (AvgIpc) is 3.22. The van der Waals surface area contributed by atoms with Crippen molar-refractivity contribution in [2.75, 3.05) is 105 Å². The Morgan fingerprint density at radius 1 is 0.639 bits per heavy atom. The van der Waals surface area contributed by atoms with E-state index in [-0.39, 0.29) is 45.7 Å². The SMILES string of the molecule is [C-]#[N+]CN(CCN(C[N+]#[C-])C[N+]#[C-])CCN1CCN(CCN(CC#N)CCN(CC#N)CC#N)C1=O. The van der Waals surface area contributed by atoms with Crippen LogP contribution in [0.2, 0.25) is 0 Å². The number of rotatable bonds is 18. The van der Waals surface area contributed by atoms with Crippen molar-refractivity contribution in [2.45, 2.75) is 0 Å². The van der Waals surface area contributed by atoms with E-state index in [1.165, 1.54) is 0 Å². The number of amides is 2. The standard InChI is InChI=1S/C23H32N12O/c1-27-20-32(12-13-33(21-28-2)22-29-3)15-17-35-19-18-34(23(35)36)16-14-31(9-6-26)11-10-30(7-4-24)8-5-25/h7-22H2. The number of hydrogen-bond acceptors (Lipinski definition) is 8. The van der Waals surface area contributed by atoms with Crippen LogP contribution in [0.3, 0.4) is 0 Å². The summed E-state index contributed by atoms with van der Waals surface area (Å²) in [5.74, 6) is 0. The molecule has 0 aromatic carbocycles. The lowest BCUT2D eigenvalue weighted by molar-refractivity contribution is 0.173. The zero-order valence-corrected chi connectivity index (χ0v) is 20.6. The quantitative estimate of drug-likeness (QED) is 0.196. The topological polar surface area (TPSA) is 121 Å². The van der Waals surface area contributed by atoms with Crippen molar-refractivity contribution < 1.29 is 4.79 Å². The molecule has 0 N–H and O–H groups in total. The Kier molecular flexibility index (Phi) is 15.4. The van der Waals surface area contributed by atoms with Crippen molar-refractivity contribution in [1.82, 2.24) is 29.4 Å². The van der Waals surface area contributed by atoms with Gasteiger partial charge in [-0.3, -0.25) is 24.3 Å². The van der Waals surface area contributed by atoms with Crippen LogP contribution in [-0.4, -0.2) is 141 Å². The lowest BCUT2D eigenvalue weighted by Crippen LogP contribution is -2.43. The number of urea groups is 1. The highest BCUT2D eigenvalue weighted by atomic mass is 16.2. The zero-order chi connectivity index (χ0) is 26.6. The molecule has 0 spiro atoms. The second kappa shape index (κ2) is 18.4. The Balaban J connectivity index is 2.52. The summed E-state index contributed by atoms with van der Waals surface area (Å²) in [6.07, 6.45) is 0. The van der Waals surface area contributed by atoms with E-state index in [2.05, 4.69) is 20.6 Å². The van der Waals surface area contributed by atoms with Crippen LogP contribution in [0.1, 0.15) is 0 Å². The summed E-state index contributed by atoms with van der Waals surface area (Å²) < 4.78 is 0. The van der Waals surface area contributed by atoms with Gasteiger partial charge in [0.25, 0.3) is 20.0 Å². The van der Waals surface area contributed by atoms with Crippen LogP contribution in [0.4, 0.5) is 4.79 Å². The van der Waals surface area contributed by atoms with Gasteiger partial charge in [-0.1, -0.05) is 0 Å². The first kappa shape index (κ1) is 30.1. The first-order chi connectivity index (χ1) is 17.5. The number of nitrogens with zero attached hydrogens (tertiary/aromatic N) is 12. The van der Waals surface area contributed by atoms with Gasteiger partial charge in [-0.25, -0.2) is 29.4 Å². The van der Waals surface area contributed by atoms with E-state index in [1.807, 2.05) is 21.9 Å². The van der Waals surface area contributed by atoms with Gasteiger partial charge >= 0.3 is 6.03 Å². The van der Waals surface area contributed by atoms with Crippen LogP contribution in [0.25, 0.3) is 14.5 Å². The molecule has 1 fully saturated rings. The van der Waals surface area contributed by atoms with Gasteiger partial charge in [-0.15, -0.1) is 0 Å². The molecule has 1 aliphatic heterocycles. The summed E-state index contributed by atoms with van der Waals surface area (Å²) in [5.41, 5.74) is 0. The number of hydrogen-bond donors (Lipinski definition) is 0. The molecule has 0 aromatic rings. The molecule has 0 aliphatic carbocycles. The molecule has 0 aromatic heterocycles. The van der Waals surface area contributed by atoms with Crippen LogP contribution in [0.15, 0.2) is 0 Å². The normalized spacial score (nSPS) is 12.9. The van der Waals surface area contributed by atoms with Crippen LogP contribution in [0.5, 0.6) is 0 Å². The molecule has 1 heterocycles. The van der Waals surface area contributed by atoms with Gasteiger partial charge in [0.2, 0.25) is 0 Å². The molecule has 36 heavy (non-hydrogen) atoms. The van der Waals surface area contributed by atoms with Crippen molar-refractivity contribution in [3.63, 3.8) is 0 Å². The van der Waals surface area contributed by atoms with E-state index in [1.54, 1.807) is 19.6 Å². The smallest absolute Gasteiger partial charge is 0.320 e. The van der Waals surface area contributed by atoms with E-state index in [9.17, 15) is 4.79 Å². The first-order valence-electron chi connectivity index (χ1n) is 11.6. The van der Waals surface area contributed by atoms with Crippen molar-refractivity contribution in [3.8, 4) is 18.2 Å². The van der Waals surface area contributed by atoms with Gasteiger partial charge in [0.1, 0.15) is 0 Å². The van der Waals surface area contributed by atoms with Crippen molar-refractivity contribution >= 4 is 6.03 Å². The van der Waals surface area contributed by atoms with E-state index in [0.29, 0.717) is 65.4 Å². The maximum absolute atomic E-state index is 12.9. The van der Waals surface area contributed by atoms with E-state index >= 15 is 0 Å². The molecule has 0 radical (unpaired) electrons. The van der Waals surface area contributed by atoms with Gasteiger partial charge in [0.05, 0.1) is 37.8 Å². The Morgan fingerprint density at radius 3 is 1.53 bits per heavy atom. The van der Waals surface area contributed by atoms with Crippen LogP contribution in [-0.2, 0) is 0 Å². The van der Waals surface area contributed by atoms with Gasteiger partial charge in [0.15, 0.2) is 0 Å². The Bertz CT molecular complexity index is 822. The molecule has 0 bridgehead atoms. The molecule has 13 heteroatoms. The molecule has 0 unspecified atom stereocenters. The summed E-state index contributed by atoms with van der Waals surface area (Å²) in [7, 11) is 0.